The molecule has 25 heavy (non-hydrogen) atoms. The number of hydrogen-bond acceptors (Lipinski definition) is 1. The van der Waals surface area contributed by atoms with Crippen molar-refractivity contribution in [3.8, 4) is 0 Å². The monoisotopic (exact) mass is 352 g/mol. The molecular formula is C21H21ClN2O. The first kappa shape index (κ1) is 16.2. The van der Waals surface area contributed by atoms with E-state index in [9.17, 15) is 4.79 Å². The Balaban J connectivity index is 1.46. The highest BCUT2D eigenvalue weighted by atomic mass is 35.5. The summed E-state index contributed by atoms with van der Waals surface area (Å²) in [4.78, 5) is 15.7. The molecule has 0 radical (unpaired) electrons. The van der Waals surface area contributed by atoms with Gasteiger partial charge in [0.15, 0.2) is 0 Å². The first-order valence-corrected chi connectivity index (χ1v) is 9.03. The molecule has 1 amide bonds. The van der Waals surface area contributed by atoms with E-state index in [4.69, 9.17) is 11.6 Å². The number of benzene rings is 2. The van der Waals surface area contributed by atoms with Gasteiger partial charge < -0.3 is 10.3 Å². The first-order chi connectivity index (χ1) is 12.1. The zero-order valence-corrected chi connectivity index (χ0v) is 15.0. The van der Waals surface area contributed by atoms with Crippen molar-refractivity contribution < 1.29 is 4.79 Å². The number of hydrogen-bond donors (Lipinski definition) is 2. The number of amides is 1. The average Bonchev–Trinajstić information content (AvgIpc) is 3.25. The molecule has 1 aliphatic rings. The summed E-state index contributed by atoms with van der Waals surface area (Å²) < 4.78 is 0. The quantitative estimate of drug-likeness (QED) is 0.696. The second kappa shape index (κ2) is 6.23. The molecule has 1 heterocycles. The maximum absolute atomic E-state index is 12.3. The number of carbonyl (C=O) groups excluding carboxylic acids is 1. The van der Waals surface area contributed by atoms with E-state index in [2.05, 4.69) is 22.6 Å². The van der Waals surface area contributed by atoms with Gasteiger partial charge in [0.2, 0.25) is 5.91 Å². The smallest absolute Gasteiger partial charge is 0.224 e. The van der Waals surface area contributed by atoms with E-state index in [1.54, 1.807) is 0 Å². The number of aromatic nitrogens is 1. The van der Waals surface area contributed by atoms with E-state index >= 15 is 0 Å². The molecule has 1 fully saturated rings. The predicted molar refractivity (Wildman–Crippen MR) is 102 cm³/mol. The second-order valence-electron chi connectivity index (χ2n) is 7.12. The lowest BCUT2D eigenvalue weighted by molar-refractivity contribution is -0.120. The van der Waals surface area contributed by atoms with Crippen LogP contribution < -0.4 is 5.32 Å². The van der Waals surface area contributed by atoms with Crippen LogP contribution in [0.3, 0.4) is 0 Å². The molecule has 0 saturated heterocycles. The van der Waals surface area contributed by atoms with Gasteiger partial charge in [-0.2, -0.15) is 0 Å². The van der Waals surface area contributed by atoms with Crippen LogP contribution in [0.5, 0.6) is 0 Å². The molecule has 2 aromatic carbocycles. The number of halogens is 1. The lowest BCUT2D eigenvalue weighted by Gasteiger charge is -2.16. The summed E-state index contributed by atoms with van der Waals surface area (Å²) in [5.41, 5.74) is 4.64. The number of rotatable bonds is 5. The Morgan fingerprint density at radius 3 is 2.84 bits per heavy atom. The molecule has 0 spiro atoms. The summed E-state index contributed by atoms with van der Waals surface area (Å²) in [5.74, 6) is 0.0785. The lowest BCUT2D eigenvalue weighted by atomic mass is 9.95. The van der Waals surface area contributed by atoms with E-state index in [0.717, 1.165) is 34.3 Å². The van der Waals surface area contributed by atoms with Crippen molar-refractivity contribution in [3.05, 3.63) is 70.4 Å². The number of carbonyl (C=O) groups is 1. The van der Waals surface area contributed by atoms with Gasteiger partial charge in [0.1, 0.15) is 0 Å². The van der Waals surface area contributed by atoms with Crippen molar-refractivity contribution in [2.75, 3.05) is 6.54 Å². The van der Waals surface area contributed by atoms with Crippen LogP contribution >= 0.6 is 11.6 Å². The fourth-order valence-electron chi connectivity index (χ4n) is 3.56. The van der Waals surface area contributed by atoms with Crippen LogP contribution in [0.2, 0.25) is 5.02 Å². The van der Waals surface area contributed by atoms with E-state index in [-0.39, 0.29) is 11.3 Å². The molecule has 0 unspecified atom stereocenters. The zero-order chi connectivity index (χ0) is 17.4. The molecule has 0 atom stereocenters. The molecular weight excluding hydrogens is 332 g/mol. The third kappa shape index (κ3) is 3.29. The van der Waals surface area contributed by atoms with Gasteiger partial charge in [-0.15, -0.1) is 0 Å². The van der Waals surface area contributed by atoms with Crippen LogP contribution in [0.4, 0.5) is 0 Å². The third-order valence-corrected chi connectivity index (χ3v) is 5.37. The first-order valence-electron chi connectivity index (χ1n) is 8.65. The highest BCUT2D eigenvalue weighted by Crippen LogP contribution is 2.50. The normalized spacial score (nSPS) is 15.3. The average molecular weight is 353 g/mol. The molecule has 4 heteroatoms. The Morgan fingerprint density at radius 2 is 2.08 bits per heavy atom. The van der Waals surface area contributed by atoms with Crippen molar-refractivity contribution in [2.24, 2.45) is 0 Å². The van der Waals surface area contributed by atoms with Crippen LogP contribution in [0, 0.1) is 6.92 Å². The summed E-state index contributed by atoms with van der Waals surface area (Å²) in [5, 5.41) is 5.04. The van der Waals surface area contributed by atoms with Crippen LogP contribution in [0.25, 0.3) is 10.9 Å². The van der Waals surface area contributed by atoms with Gasteiger partial charge in [0.25, 0.3) is 0 Å². The molecule has 128 valence electrons. The Hall–Kier alpha value is -2.26. The molecule has 0 aliphatic heterocycles. The van der Waals surface area contributed by atoms with Crippen molar-refractivity contribution in [3.63, 3.8) is 0 Å². The molecule has 1 aliphatic carbocycles. The molecule has 3 nitrogen and oxygen atoms in total. The maximum atomic E-state index is 12.3. The van der Waals surface area contributed by atoms with E-state index in [0.29, 0.717) is 13.0 Å². The second-order valence-corrected chi connectivity index (χ2v) is 7.55. The molecule has 3 aromatic rings. The Bertz CT molecular complexity index is 940. The zero-order valence-electron chi connectivity index (χ0n) is 14.2. The SMILES string of the molecule is Cc1cccc(CC(=O)NCC2(c3c[nH]c4ccc(Cl)cc34)CC2)c1. The van der Waals surface area contributed by atoms with Crippen molar-refractivity contribution >= 4 is 28.4 Å². The summed E-state index contributed by atoms with van der Waals surface area (Å²) >= 11 is 6.16. The fraction of sp³-hybridized carbons (Fsp3) is 0.286. The van der Waals surface area contributed by atoms with Crippen LogP contribution in [-0.4, -0.2) is 17.4 Å². The van der Waals surface area contributed by atoms with Gasteiger partial charge in [-0.05, 0) is 49.1 Å². The number of aromatic amines is 1. The minimum Gasteiger partial charge on any atom is -0.361 e. The van der Waals surface area contributed by atoms with Gasteiger partial charge in [0, 0.05) is 34.1 Å². The Labute approximate surface area is 152 Å². The van der Waals surface area contributed by atoms with Gasteiger partial charge in [-0.25, -0.2) is 0 Å². The van der Waals surface area contributed by atoms with Crippen molar-refractivity contribution in [1.82, 2.24) is 10.3 Å². The molecule has 1 aromatic heterocycles. The minimum atomic E-state index is 0.0468. The van der Waals surface area contributed by atoms with Gasteiger partial charge in [-0.1, -0.05) is 41.4 Å². The fourth-order valence-corrected chi connectivity index (χ4v) is 3.73. The number of aryl methyl sites for hydroxylation is 1. The number of H-pyrrole nitrogens is 1. The highest BCUT2D eigenvalue weighted by Gasteiger charge is 2.45. The van der Waals surface area contributed by atoms with Gasteiger partial charge in [0.05, 0.1) is 6.42 Å². The molecule has 4 rings (SSSR count). The maximum Gasteiger partial charge on any atom is 0.224 e. The van der Waals surface area contributed by atoms with E-state index in [1.807, 2.05) is 43.3 Å². The molecule has 0 bridgehead atoms. The predicted octanol–water partition coefficient (Wildman–Crippen LogP) is 4.52. The minimum absolute atomic E-state index is 0.0468. The van der Waals surface area contributed by atoms with Crippen molar-refractivity contribution in [2.45, 2.75) is 31.6 Å². The Kier molecular flexibility index (Phi) is 4.04. The molecule has 2 N–H and O–H groups in total. The number of fused-ring (bicyclic) bond motifs is 1. The summed E-state index contributed by atoms with van der Waals surface area (Å²) in [6.45, 7) is 2.72. The van der Waals surface area contributed by atoms with Crippen LogP contribution in [0.1, 0.15) is 29.5 Å². The standard InChI is InChI=1S/C21H21ClN2O/c1-14-3-2-4-15(9-14)10-20(25)24-13-21(7-8-21)18-12-23-19-6-5-16(22)11-17(18)19/h2-6,9,11-12,23H,7-8,10,13H2,1H3,(H,24,25). The topological polar surface area (TPSA) is 44.9 Å². The van der Waals surface area contributed by atoms with Gasteiger partial charge >= 0.3 is 0 Å². The Morgan fingerprint density at radius 1 is 1.24 bits per heavy atom. The van der Waals surface area contributed by atoms with E-state index < -0.39 is 0 Å². The largest absolute Gasteiger partial charge is 0.361 e. The van der Waals surface area contributed by atoms with Crippen LogP contribution in [0.15, 0.2) is 48.7 Å². The highest BCUT2D eigenvalue weighted by molar-refractivity contribution is 6.31. The third-order valence-electron chi connectivity index (χ3n) is 5.14. The molecule has 1 saturated carbocycles. The van der Waals surface area contributed by atoms with Crippen LogP contribution in [-0.2, 0) is 16.6 Å². The summed E-state index contributed by atoms with van der Waals surface area (Å²) in [6, 6.07) is 14.0. The van der Waals surface area contributed by atoms with Crippen molar-refractivity contribution in [1.29, 1.82) is 0 Å². The van der Waals surface area contributed by atoms with Gasteiger partial charge in [-0.3, -0.25) is 4.79 Å². The number of nitrogens with one attached hydrogen (secondary N) is 2. The summed E-state index contributed by atoms with van der Waals surface area (Å²) in [7, 11) is 0. The summed E-state index contributed by atoms with van der Waals surface area (Å²) in [6.07, 6.45) is 4.69. The lowest BCUT2D eigenvalue weighted by Crippen LogP contribution is -2.33. The van der Waals surface area contributed by atoms with E-state index in [1.165, 1.54) is 11.1 Å².